The summed E-state index contributed by atoms with van der Waals surface area (Å²) in [6.45, 7) is 7.80. The maximum atomic E-state index is 5.21. The van der Waals surface area contributed by atoms with Crippen molar-refractivity contribution in [2.45, 2.75) is 33.7 Å². The number of H-pyrrole nitrogens is 1. The molecule has 2 heterocycles. The molecule has 3 rings (SSSR count). The standard InChI is InChI=1S/C17H22N4O/c1-11-6-5-7-15-17(11)19-16(18-15)10-21(4)9-8-14-12(2)20-22-13(14)3/h5-7H,8-10H2,1-4H3,(H,18,19). The Morgan fingerprint density at radius 1 is 1.23 bits per heavy atom. The van der Waals surface area contributed by atoms with Crippen LogP contribution < -0.4 is 0 Å². The van der Waals surface area contributed by atoms with Gasteiger partial charge >= 0.3 is 0 Å². The molecular formula is C17H22N4O. The molecule has 0 saturated carbocycles. The molecule has 3 aromatic rings. The van der Waals surface area contributed by atoms with Crippen LogP contribution in [0.4, 0.5) is 0 Å². The van der Waals surface area contributed by atoms with Gasteiger partial charge in [-0.15, -0.1) is 0 Å². The first kappa shape index (κ1) is 14.8. The zero-order valence-electron chi connectivity index (χ0n) is 13.6. The fraction of sp³-hybridized carbons (Fsp3) is 0.412. The van der Waals surface area contributed by atoms with E-state index in [9.17, 15) is 0 Å². The number of rotatable bonds is 5. The summed E-state index contributed by atoms with van der Waals surface area (Å²) in [4.78, 5) is 10.4. The Hall–Kier alpha value is -2.14. The molecule has 1 aromatic carbocycles. The highest BCUT2D eigenvalue weighted by Crippen LogP contribution is 2.17. The first-order valence-corrected chi connectivity index (χ1v) is 7.59. The zero-order chi connectivity index (χ0) is 15.7. The molecule has 1 N–H and O–H groups in total. The lowest BCUT2D eigenvalue weighted by molar-refractivity contribution is 0.323. The van der Waals surface area contributed by atoms with Crippen molar-refractivity contribution in [3.05, 3.63) is 46.6 Å². The molecule has 0 fully saturated rings. The van der Waals surface area contributed by atoms with Crippen LogP contribution in [0, 0.1) is 20.8 Å². The molecule has 2 aromatic heterocycles. The van der Waals surface area contributed by atoms with Crippen LogP contribution in [-0.2, 0) is 13.0 Å². The van der Waals surface area contributed by atoms with E-state index in [1.54, 1.807) is 0 Å². The van der Waals surface area contributed by atoms with Crippen LogP contribution in [0.5, 0.6) is 0 Å². The first-order chi connectivity index (χ1) is 10.5. The smallest absolute Gasteiger partial charge is 0.137 e. The average Bonchev–Trinajstić information content (AvgIpc) is 3.02. The summed E-state index contributed by atoms with van der Waals surface area (Å²) >= 11 is 0. The number of para-hydroxylation sites is 1. The second-order valence-electron chi connectivity index (χ2n) is 5.95. The van der Waals surface area contributed by atoms with Gasteiger partial charge in [0, 0.05) is 12.1 Å². The topological polar surface area (TPSA) is 58.0 Å². The van der Waals surface area contributed by atoms with Crippen molar-refractivity contribution >= 4 is 11.0 Å². The number of likely N-dealkylation sites (N-methyl/N-ethyl adjacent to an activating group) is 1. The molecule has 5 nitrogen and oxygen atoms in total. The van der Waals surface area contributed by atoms with Gasteiger partial charge in [0.25, 0.3) is 0 Å². The Morgan fingerprint density at radius 3 is 2.73 bits per heavy atom. The molecule has 0 aliphatic carbocycles. The Bertz CT molecular complexity index is 768. The molecule has 0 amide bonds. The molecule has 0 radical (unpaired) electrons. The van der Waals surface area contributed by atoms with Gasteiger partial charge in [0.15, 0.2) is 0 Å². The third-order valence-corrected chi connectivity index (χ3v) is 4.11. The van der Waals surface area contributed by atoms with Gasteiger partial charge < -0.3 is 9.51 Å². The van der Waals surface area contributed by atoms with Crippen molar-refractivity contribution in [1.82, 2.24) is 20.0 Å². The van der Waals surface area contributed by atoms with Crippen LogP contribution in [-0.4, -0.2) is 33.6 Å². The maximum Gasteiger partial charge on any atom is 0.137 e. The molecule has 5 heteroatoms. The van der Waals surface area contributed by atoms with Gasteiger partial charge in [-0.2, -0.15) is 0 Å². The lowest BCUT2D eigenvalue weighted by atomic mass is 10.1. The number of aromatic amines is 1. The van der Waals surface area contributed by atoms with E-state index in [1.165, 1.54) is 11.1 Å². The Kier molecular flexibility index (Phi) is 3.98. The minimum atomic E-state index is 0.803. The Balaban J connectivity index is 1.65. The molecule has 0 spiro atoms. The van der Waals surface area contributed by atoms with E-state index in [1.807, 2.05) is 13.8 Å². The number of benzene rings is 1. The summed E-state index contributed by atoms with van der Waals surface area (Å²) < 4.78 is 5.21. The molecule has 0 aliphatic rings. The van der Waals surface area contributed by atoms with E-state index in [2.05, 4.69) is 47.2 Å². The van der Waals surface area contributed by atoms with Crippen LogP contribution in [0.25, 0.3) is 11.0 Å². The highest BCUT2D eigenvalue weighted by atomic mass is 16.5. The van der Waals surface area contributed by atoms with Gasteiger partial charge in [0.2, 0.25) is 0 Å². The van der Waals surface area contributed by atoms with Crippen molar-refractivity contribution in [3.8, 4) is 0 Å². The second-order valence-corrected chi connectivity index (χ2v) is 5.95. The van der Waals surface area contributed by atoms with Gasteiger partial charge in [-0.3, -0.25) is 4.90 Å². The molecule has 116 valence electrons. The predicted molar refractivity (Wildman–Crippen MR) is 86.8 cm³/mol. The van der Waals surface area contributed by atoms with E-state index < -0.39 is 0 Å². The summed E-state index contributed by atoms with van der Waals surface area (Å²) in [7, 11) is 2.11. The monoisotopic (exact) mass is 298 g/mol. The molecule has 0 atom stereocenters. The highest BCUT2D eigenvalue weighted by Gasteiger charge is 2.11. The van der Waals surface area contributed by atoms with Gasteiger partial charge in [-0.25, -0.2) is 4.98 Å². The number of hydrogen-bond donors (Lipinski definition) is 1. The molecule has 22 heavy (non-hydrogen) atoms. The van der Waals surface area contributed by atoms with Crippen LogP contribution in [0.15, 0.2) is 22.7 Å². The van der Waals surface area contributed by atoms with Crippen LogP contribution in [0.1, 0.15) is 28.4 Å². The summed E-state index contributed by atoms with van der Waals surface area (Å²) in [5.74, 6) is 1.93. The molecule has 0 unspecified atom stereocenters. The van der Waals surface area contributed by atoms with E-state index >= 15 is 0 Å². The fourth-order valence-electron chi connectivity index (χ4n) is 2.80. The zero-order valence-corrected chi connectivity index (χ0v) is 13.6. The largest absolute Gasteiger partial charge is 0.361 e. The van der Waals surface area contributed by atoms with Gasteiger partial charge in [0.1, 0.15) is 11.6 Å². The van der Waals surface area contributed by atoms with Crippen LogP contribution in [0.2, 0.25) is 0 Å². The first-order valence-electron chi connectivity index (χ1n) is 7.59. The van der Waals surface area contributed by atoms with Gasteiger partial charge in [0.05, 0.1) is 23.3 Å². The van der Waals surface area contributed by atoms with Crippen molar-refractivity contribution in [3.63, 3.8) is 0 Å². The number of nitrogens with zero attached hydrogens (tertiary/aromatic N) is 3. The fourth-order valence-corrected chi connectivity index (χ4v) is 2.80. The average molecular weight is 298 g/mol. The lowest BCUT2D eigenvalue weighted by Crippen LogP contribution is -2.21. The number of aromatic nitrogens is 3. The minimum Gasteiger partial charge on any atom is -0.361 e. The Morgan fingerprint density at radius 2 is 2.05 bits per heavy atom. The highest BCUT2D eigenvalue weighted by molar-refractivity contribution is 5.78. The third kappa shape index (κ3) is 2.90. The summed E-state index contributed by atoms with van der Waals surface area (Å²) in [6.07, 6.45) is 0.941. The summed E-state index contributed by atoms with van der Waals surface area (Å²) in [5, 5.41) is 4.00. The van der Waals surface area contributed by atoms with Crippen LogP contribution >= 0.6 is 0 Å². The van der Waals surface area contributed by atoms with Crippen molar-refractivity contribution in [2.24, 2.45) is 0 Å². The van der Waals surface area contributed by atoms with Crippen LogP contribution in [0.3, 0.4) is 0 Å². The molecule has 0 aliphatic heterocycles. The SMILES string of the molecule is Cc1noc(C)c1CCN(C)Cc1nc2c(C)cccc2[nH]1. The van der Waals surface area contributed by atoms with E-state index in [0.717, 1.165) is 47.8 Å². The summed E-state index contributed by atoms with van der Waals surface area (Å²) in [5.41, 5.74) is 5.58. The lowest BCUT2D eigenvalue weighted by Gasteiger charge is -2.14. The number of imidazole rings is 1. The number of fused-ring (bicyclic) bond motifs is 1. The van der Waals surface area contributed by atoms with E-state index in [-0.39, 0.29) is 0 Å². The second kappa shape index (κ2) is 5.93. The van der Waals surface area contributed by atoms with E-state index in [0.29, 0.717) is 0 Å². The number of nitrogens with one attached hydrogen (secondary N) is 1. The molecule has 0 bridgehead atoms. The minimum absolute atomic E-state index is 0.803. The quantitative estimate of drug-likeness (QED) is 0.786. The van der Waals surface area contributed by atoms with Gasteiger partial charge in [-0.05, 0) is 45.9 Å². The Labute approximate surface area is 130 Å². The van der Waals surface area contributed by atoms with Crippen molar-refractivity contribution in [2.75, 3.05) is 13.6 Å². The number of hydrogen-bond acceptors (Lipinski definition) is 4. The maximum absolute atomic E-state index is 5.21. The molecule has 0 saturated heterocycles. The summed E-state index contributed by atoms with van der Waals surface area (Å²) in [6, 6.07) is 6.22. The predicted octanol–water partition coefficient (Wildman–Crippen LogP) is 3.15. The molecular weight excluding hydrogens is 276 g/mol. The van der Waals surface area contributed by atoms with Gasteiger partial charge in [-0.1, -0.05) is 17.3 Å². The third-order valence-electron chi connectivity index (χ3n) is 4.11. The normalized spacial score (nSPS) is 11.7. The number of aryl methyl sites for hydroxylation is 3. The van der Waals surface area contributed by atoms with E-state index in [4.69, 9.17) is 9.51 Å². The van der Waals surface area contributed by atoms with Crippen molar-refractivity contribution < 1.29 is 4.52 Å². The van der Waals surface area contributed by atoms with Crippen molar-refractivity contribution in [1.29, 1.82) is 0 Å².